The topological polar surface area (TPSA) is 111 Å². The normalized spacial score (nSPS) is 13.7. The highest BCUT2D eigenvalue weighted by atomic mass is 31.2. The molecule has 0 aromatic carbocycles. The molecule has 0 saturated carbocycles. The summed E-state index contributed by atoms with van der Waals surface area (Å²) < 4.78 is 34.0. The van der Waals surface area contributed by atoms with Gasteiger partial charge in [-0.05, 0) is 57.8 Å². The van der Waals surface area contributed by atoms with Gasteiger partial charge in [-0.2, -0.15) is 0 Å². The van der Waals surface area contributed by atoms with Crippen LogP contribution in [-0.4, -0.2) is 70.0 Å². The number of phosphoric acid groups is 1. The fraction of sp³-hybridized carbons (Fsp3) is 0.846. The monoisotopic (exact) mass is 896 g/mol. The van der Waals surface area contributed by atoms with Crippen LogP contribution < -0.4 is 4.89 Å². The summed E-state index contributed by atoms with van der Waals surface area (Å²) in [4.78, 5) is 37.6. The molecule has 0 saturated heterocycles. The number of likely N-dealkylation sites (N-methyl/N-ethyl adjacent to an activating group) is 1. The molecule has 0 heterocycles. The second-order valence-electron chi connectivity index (χ2n) is 18.6. The Hall–Kier alpha value is -1.77. The van der Waals surface area contributed by atoms with Gasteiger partial charge in [0.15, 0.2) is 6.10 Å². The lowest BCUT2D eigenvalue weighted by Gasteiger charge is -2.28. The van der Waals surface area contributed by atoms with Crippen molar-refractivity contribution in [2.24, 2.45) is 0 Å². The SMILES string of the molecule is CCCCCC/C=C/C=C/CCCCCCCC(=O)OC[C@H](COP(=O)([O-])OCC[N+](C)(C)C)OC(=O)CCC/C=C/CCCCCCCCCCCCCCCCCCCC. The Bertz CT molecular complexity index is 1150. The van der Waals surface area contributed by atoms with Crippen molar-refractivity contribution < 1.29 is 42.1 Å². The highest BCUT2D eigenvalue weighted by Gasteiger charge is 2.21. The number of esters is 2. The molecule has 0 aliphatic carbocycles. The Morgan fingerprint density at radius 1 is 0.500 bits per heavy atom. The zero-order valence-electron chi connectivity index (χ0n) is 41.1. The minimum Gasteiger partial charge on any atom is -0.756 e. The van der Waals surface area contributed by atoms with E-state index in [1.807, 2.05) is 21.1 Å². The molecular weight excluding hydrogens is 798 g/mol. The van der Waals surface area contributed by atoms with Crippen molar-refractivity contribution in [2.45, 2.75) is 238 Å². The molecule has 0 spiro atoms. The fourth-order valence-electron chi connectivity index (χ4n) is 7.12. The van der Waals surface area contributed by atoms with Gasteiger partial charge in [0.05, 0.1) is 27.7 Å². The second-order valence-corrected chi connectivity index (χ2v) is 20.0. The van der Waals surface area contributed by atoms with Crippen LogP contribution in [0.15, 0.2) is 36.5 Å². The van der Waals surface area contributed by atoms with Gasteiger partial charge in [-0.3, -0.25) is 14.2 Å². The largest absolute Gasteiger partial charge is 0.756 e. The van der Waals surface area contributed by atoms with E-state index < -0.39 is 32.5 Å². The van der Waals surface area contributed by atoms with Crippen molar-refractivity contribution in [2.75, 3.05) is 47.5 Å². The molecule has 1 unspecified atom stereocenters. The molecular formula is C52H98NO8P. The van der Waals surface area contributed by atoms with Crippen molar-refractivity contribution in [3.63, 3.8) is 0 Å². The molecule has 0 aliphatic rings. The lowest BCUT2D eigenvalue weighted by atomic mass is 10.0. The van der Waals surface area contributed by atoms with E-state index in [-0.39, 0.29) is 26.1 Å². The van der Waals surface area contributed by atoms with Crippen LogP contribution in [0.2, 0.25) is 0 Å². The molecule has 0 bridgehead atoms. The number of carbonyl (C=O) groups excluding carboxylic acids is 2. The summed E-state index contributed by atoms with van der Waals surface area (Å²) in [5.74, 6) is -0.883. The van der Waals surface area contributed by atoms with Gasteiger partial charge in [0.25, 0.3) is 7.82 Å². The van der Waals surface area contributed by atoms with Crippen molar-refractivity contribution in [1.82, 2.24) is 0 Å². The molecule has 0 fully saturated rings. The van der Waals surface area contributed by atoms with Crippen LogP contribution >= 0.6 is 7.82 Å². The van der Waals surface area contributed by atoms with Crippen LogP contribution in [0.3, 0.4) is 0 Å². The van der Waals surface area contributed by atoms with E-state index in [1.54, 1.807) is 0 Å². The Balaban J connectivity index is 4.26. The second kappa shape index (κ2) is 44.4. The van der Waals surface area contributed by atoms with E-state index in [9.17, 15) is 19.0 Å². The molecule has 0 aromatic heterocycles. The van der Waals surface area contributed by atoms with E-state index in [0.717, 1.165) is 51.4 Å². The van der Waals surface area contributed by atoms with E-state index >= 15 is 0 Å². The van der Waals surface area contributed by atoms with Crippen LogP contribution in [0.5, 0.6) is 0 Å². The Morgan fingerprint density at radius 3 is 1.35 bits per heavy atom. The summed E-state index contributed by atoms with van der Waals surface area (Å²) in [6.45, 7) is 4.19. The Morgan fingerprint density at radius 2 is 0.887 bits per heavy atom. The van der Waals surface area contributed by atoms with Gasteiger partial charge in [0.2, 0.25) is 0 Å². The summed E-state index contributed by atoms with van der Waals surface area (Å²) in [7, 11) is 1.15. The summed E-state index contributed by atoms with van der Waals surface area (Å²) in [5, 5.41) is 0. The first-order valence-electron chi connectivity index (χ1n) is 25.7. The number of hydrogen-bond donors (Lipinski definition) is 0. The van der Waals surface area contributed by atoms with Gasteiger partial charge in [-0.1, -0.05) is 198 Å². The summed E-state index contributed by atoms with van der Waals surface area (Å²) in [6, 6.07) is 0. The Kier molecular flexibility index (Phi) is 43.2. The summed E-state index contributed by atoms with van der Waals surface area (Å²) >= 11 is 0. The van der Waals surface area contributed by atoms with E-state index in [1.165, 1.54) is 141 Å². The molecule has 9 nitrogen and oxygen atoms in total. The molecule has 0 aliphatic heterocycles. The minimum absolute atomic E-state index is 0.0376. The zero-order valence-corrected chi connectivity index (χ0v) is 42.0. The number of phosphoric ester groups is 1. The van der Waals surface area contributed by atoms with Crippen molar-refractivity contribution in [3.05, 3.63) is 36.5 Å². The van der Waals surface area contributed by atoms with Gasteiger partial charge in [-0.25, -0.2) is 0 Å². The van der Waals surface area contributed by atoms with Crippen LogP contribution in [0.25, 0.3) is 0 Å². The Labute approximate surface area is 382 Å². The summed E-state index contributed by atoms with van der Waals surface area (Å²) in [6.07, 6.45) is 51.9. The van der Waals surface area contributed by atoms with Gasteiger partial charge >= 0.3 is 11.9 Å². The first-order chi connectivity index (χ1) is 30.0. The van der Waals surface area contributed by atoms with E-state index in [0.29, 0.717) is 23.9 Å². The van der Waals surface area contributed by atoms with E-state index in [2.05, 4.69) is 50.3 Å². The number of nitrogens with zero attached hydrogens (tertiary/aromatic N) is 1. The maximum absolute atomic E-state index is 12.7. The lowest BCUT2D eigenvalue weighted by Crippen LogP contribution is -2.37. The van der Waals surface area contributed by atoms with Crippen LogP contribution in [0.4, 0.5) is 0 Å². The number of hydrogen-bond acceptors (Lipinski definition) is 8. The number of allylic oxidation sites excluding steroid dienone is 6. The third-order valence-electron chi connectivity index (χ3n) is 11.2. The average molecular weight is 896 g/mol. The fourth-order valence-corrected chi connectivity index (χ4v) is 7.85. The standard InChI is InChI=1S/C52H98NO8P/c1-6-8-10-12-14-16-18-20-22-23-24-25-26-27-28-29-31-33-35-37-39-41-43-45-52(55)61-50(49-60-62(56,57)59-47-46-53(3,4)5)48-58-51(54)44-42-40-38-36-34-32-30-21-19-17-15-13-11-9-7-2/h17,19,21,30,37,39,50H,6-16,18,20,22-29,31-36,38,40-49H2,1-5H3/b19-17+,30-21+,39-37+/t50-/m1/s1. The van der Waals surface area contributed by atoms with Gasteiger partial charge in [0.1, 0.15) is 19.8 Å². The zero-order chi connectivity index (χ0) is 45.7. The lowest BCUT2D eigenvalue weighted by molar-refractivity contribution is -0.870. The smallest absolute Gasteiger partial charge is 0.306 e. The number of unbranched alkanes of at least 4 members (excludes halogenated alkanes) is 28. The molecule has 364 valence electrons. The maximum Gasteiger partial charge on any atom is 0.306 e. The highest BCUT2D eigenvalue weighted by Crippen LogP contribution is 2.38. The predicted molar refractivity (Wildman–Crippen MR) is 259 cm³/mol. The van der Waals surface area contributed by atoms with Gasteiger partial charge in [0, 0.05) is 12.8 Å². The molecule has 0 N–H and O–H groups in total. The number of carbonyl (C=O) groups is 2. The summed E-state index contributed by atoms with van der Waals surface area (Å²) in [5.41, 5.74) is 0. The first-order valence-corrected chi connectivity index (χ1v) is 27.2. The van der Waals surface area contributed by atoms with Crippen LogP contribution in [0.1, 0.15) is 232 Å². The first kappa shape index (κ1) is 60.2. The highest BCUT2D eigenvalue weighted by molar-refractivity contribution is 7.45. The van der Waals surface area contributed by atoms with Crippen molar-refractivity contribution in [1.29, 1.82) is 0 Å². The molecule has 2 atom stereocenters. The van der Waals surface area contributed by atoms with Gasteiger partial charge in [-0.15, -0.1) is 0 Å². The molecule has 0 radical (unpaired) electrons. The predicted octanol–water partition coefficient (Wildman–Crippen LogP) is 14.6. The van der Waals surface area contributed by atoms with E-state index in [4.69, 9.17) is 18.5 Å². The van der Waals surface area contributed by atoms with Gasteiger partial charge < -0.3 is 27.9 Å². The molecule has 0 rings (SSSR count). The van der Waals surface area contributed by atoms with Crippen LogP contribution in [-0.2, 0) is 32.7 Å². The van der Waals surface area contributed by atoms with Crippen molar-refractivity contribution in [3.8, 4) is 0 Å². The quantitative estimate of drug-likeness (QED) is 0.0148. The maximum atomic E-state index is 12.7. The molecule has 10 heteroatoms. The third kappa shape index (κ3) is 47.7. The number of quaternary nitrogens is 1. The molecule has 0 aromatic rings. The third-order valence-corrected chi connectivity index (χ3v) is 12.1. The number of ether oxygens (including phenoxy) is 2. The average Bonchev–Trinajstić information content (AvgIpc) is 3.23. The molecule has 0 amide bonds. The van der Waals surface area contributed by atoms with Crippen LogP contribution in [0, 0.1) is 0 Å². The molecule has 62 heavy (non-hydrogen) atoms. The minimum atomic E-state index is -4.64. The van der Waals surface area contributed by atoms with Crippen molar-refractivity contribution >= 4 is 19.8 Å². The number of rotatable bonds is 47.